The van der Waals surface area contributed by atoms with Crippen LogP contribution in [0.3, 0.4) is 0 Å². The molecule has 2 fully saturated rings. The molecule has 4 rings (SSSR count). The van der Waals surface area contributed by atoms with Crippen LogP contribution in [0.25, 0.3) is 0 Å². The van der Waals surface area contributed by atoms with Gasteiger partial charge in [0.15, 0.2) is 6.29 Å². The molecule has 0 bridgehead atoms. The molecule has 2 aromatic rings. The zero-order valence-electron chi connectivity index (χ0n) is 21.0. The molecule has 9 heteroatoms. The van der Waals surface area contributed by atoms with E-state index in [0.29, 0.717) is 19.4 Å². The minimum absolute atomic E-state index is 0.0773. The highest BCUT2D eigenvalue weighted by Crippen LogP contribution is 2.57. The van der Waals surface area contributed by atoms with Crippen molar-refractivity contribution in [3.05, 3.63) is 69.2 Å². The maximum atomic E-state index is 15.7. The first kappa shape index (κ1) is 28.2. The van der Waals surface area contributed by atoms with Crippen LogP contribution in [0.1, 0.15) is 50.7 Å². The van der Waals surface area contributed by atoms with E-state index in [0.717, 1.165) is 6.07 Å². The Balaban J connectivity index is 2.00. The Morgan fingerprint density at radius 2 is 1.89 bits per heavy atom. The fourth-order valence-corrected chi connectivity index (χ4v) is 6.57. The highest BCUT2D eigenvalue weighted by Gasteiger charge is 2.63. The van der Waals surface area contributed by atoms with Crippen molar-refractivity contribution < 1.29 is 24.1 Å². The molecule has 1 heterocycles. The summed E-state index contributed by atoms with van der Waals surface area (Å²) in [6.07, 6.45) is -0.479. The fraction of sp³-hybridized carbons (Fsp3) is 0.536. The first-order chi connectivity index (χ1) is 17.4. The third-order valence-electron chi connectivity index (χ3n) is 7.90. The zero-order chi connectivity index (χ0) is 27.3. The second kappa shape index (κ2) is 10.4. The lowest BCUT2D eigenvalue weighted by Gasteiger charge is -2.39. The summed E-state index contributed by atoms with van der Waals surface area (Å²) in [6, 6.07) is 9.65. The summed E-state index contributed by atoms with van der Waals surface area (Å²) in [5.41, 5.74) is -1.73. The summed E-state index contributed by atoms with van der Waals surface area (Å²) in [5.74, 6) is -2.80. The van der Waals surface area contributed by atoms with E-state index in [-0.39, 0.29) is 38.4 Å². The Kier molecular flexibility index (Phi) is 7.94. The van der Waals surface area contributed by atoms with Gasteiger partial charge in [-0.3, -0.25) is 4.90 Å². The molecule has 0 radical (unpaired) electrons. The van der Waals surface area contributed by atoms with Crippen molar-refractivity contribution in [3.63, 3.8) is 0 Å². The number of nitrogens with zero attached hydrogens (tertiary/aromatic N) is 2. The normalized spacial score (nSPS) is 30.1. The van der Waals surface area contributed by atoms with Crippen LogP contribution in [0, 0.1) is 40.2 Å². The van der Waals surface area contributed by atoms with Gasteiger partial charge in [0.2, 0.25) is 0 Å². The summed E-state index contributed by atoms with van der Waals surface area (Å²) in [5, 5.41) is 41.1. The third kappa shape index (κ3) is 5.13. The molecule has 1 saturated heterocycles. The standard InChI is InChI=1S/C28H32Cl2F2N2O3/c1-27(2,3)11-23-28(14-33,19-8-7-16(29)10-21(19)31)24(17-5-4-6-20(30)25(17)32)22(13-35)34(23)12-15-9-18(15)26(36)37/h4-8,10,15,18,22-24,26,35-37H,9,11-13H2,1-3H3/t15-,18+,22-,23-,24-,28-/m0/s1. The monoisotopic (exact) mass is 552 g/mol. The Labute approximate surface area is 226 Å². The topological polar surface area (TPSA) is 87.7 Å². The van der Waals surface area contributed by atoms with Gasteiger partial charge in [0.1, 0.15) is 17.0 Å². The van der Waals surface area contributed by atoms with Crippen molar-refractivity contribution in [3.8, 4) is 6.07 Å². The Hall–Kier alpha value is -1.79. The van der Waals surface area contributed by atoms with Crippen LogP contribution in [0.4, 0.5) is 8.78 Å². The van der Waals surface area contributed by atoms with E-state index in [4.69, 9.17) is 23.2 Å². The number of likely N-dealkylation sites (tertiary alicyclic amines) is 1. The van der Waals surface area contributed by atoms with Gasteiger partial charge >= 0.3 is 0 Å². The number of rotatable bonds is 7. The molecule has 0 unspecified atom stereocenters. The lowest BCUT2D eigenvalue weighted by molar-refractivity contribution is -0.0618. The highest BCUT2D eigenvalue weighted by atomic mass is 35.5. The predicted molar refractivity (Wildman–Crippen MR) is 138 cm³/mol. The molecule has 200 valence electrons. The lowest BCUT2D eigenvalue weighted by atomic mass is 9.62. The molecule has 2 aromatic carbocycles. The molecule has 6 atom stereocenters. The van der Waals surface area contributed by atoms with Crippen molar-refractivity contribution in [2.24, 2.45) is 17.3 Å². The molecule has 0 aromatic heterocycles. The van der Waals surface area contributed by atoms with Crippen LogP contribution in [0.2, 0.25) is 10.0 Å². The number of aliphatic hydroxyl groups is 3. The van der Waals surface area contributed by atoms with Gasteiger partial charge in [0.05, 0.1) is 17.7 Å². The largest absolute Gasteiger partial charge is 0.395 e. The van der Waals surface area contributed by atoms with Gasteiger partial charge < -0.3 is 15.3 Å². The minimum atomic E-state index is -1.61. The molecular formula is C28H32Cl2F2N2O3. The van der Waals surface area contributed by atoms with E-state index >= 15 is 8.78 Å². The van der Waals surface area contributed by atoms with E-state index < -0.39 is 47.9 Å². The number of nitriles is 1. The summed E-state index contributed by atoms with van der Waals surface area (Å²) in [6.45, 7) is 5.93. The van der Waals surface area contributed by atoms with E-state index in [1.54, 1.807) is 6.07 Å². The molecule has 2 aliphatic rings. The van der Waals surface area contributed by atoms with Gasteiger partial charge in [-0.05, 0) is 47.9 Å². The summed E-state index contributed by atoms with van der Waals surface area (Å²) < 4.78 is 31.3. The zero-order valence-corrected chi connectivity index (χ0v) is 22.5. The van der Waals surface area contributed by atoms with E-state index in [1.807, 2.05) is 25.7 Å². The van der Waals surface area contributed by atoms with Crippen LogP contribution in [0.5, 0.6) is 0 Å². The molecule has 0 spiro atoms. The Morgan fingerprint density at radius 3 is 2.43 bits per heavy atom. The van der Waals surface area contributed by atoms with E-state index in [9.17, 15) is 20.6 Å². The molecule has 37 heavy (non-hydrogen) atoms. The first-order valence-electron chi connectivity index (χ1n) is 12.4. The average Bonchev–Trinajstić information content (AvgIpc) is 3.54. The van der Waals surface area contributed by atoms with Crippen LogP contribution in [-0.2, 0) is 5.41 Å². The van der Waals surface area contributed by atoms with Gasteiger partial charge in [-0.25, -0.2) is 8.78 Å². The summed E-state index contributed by atoms with van der Waals surface area (Å²) >= 11 is 12.2. The second-order valence-electron chi connectivity index (χ2n) is 11.5. The molecule has 1 saturated carbocycles. The van der Waals surface area contributed by atoms with E-state index in [2.05, 4.69) is 6.07 Å². The third-order valence-corrected chi connectivity index (χ3v) is 8.43. The van der Waals surface area contributed by atoms with Gasteiger partial charge in [0.25, 0.3) is 0 Å². The predicted octanol–water partition coefficient (Wildman–Crippen LogP) is 5.24. The van der Waals surface area contributed by atoms with Crippen LogP contribution < -0.4 is 0 Å². The van der Waals surface area contributed by atoms with Crippen LogP contribution in [0.15, 0.2) is 36.4 Å². The second-order valence-corrected chi connectivity index (χ2v) is 12.4. The first-order valence-corrected chi connectivity index (χ1v) is 13.1. The molecule has 5 nitrogen and oxygen atoms in total. The Bertz CT molecular complexity index is 1200. The van der Waals surface area contributed by atoms with E-state index in [1.165, 1.54) is 24.3 Å². The molecular weight excluding hydrogens is 521 g/mol. The smallest absolute Gasteiger partial charge is 0.154 e. The van der Waals surface area contributed by atoms with Crippen LogP contribution in [-0.4, -0.2) is 51.7 Å². The number of hydrogen-bond donors (Lipinski definition) is 3. The maximum Gasteiger partial charge on any atom is 0.154 e. The molecule has 0 amide bonds. The molecule has 1 aliphatic heterocycles. The lowest BCUT2D eigenvalue weighted by Crippen LogP contribution is -2.47. The quantitative estimate of drug-likeness (QED) is 0.408. The minimum Gasteiger partial charge on any atom is -0.395 e. The fourth-order valence-electron chi connectivity index (χ4n) is 6.23. The highest BCUT2D eigenvalue weighted by molar-refractivity contribution is 6.31. The SMILES string of the molecule is CC(C)(C)C[C@@H]1N(C[C@@H]2C[C@H]2C(O)O)[C@@H](CO)[C@H](c2cccc(Cl)c2F)[C@@]1(C#N)c1ccc(Cl)cc1F. The number of halogens is 4. The number of hydrogen-bond acceptors (Lipinski definition) is 5. The summed E-state index contributed by atoms with van der Waals surface area (Å²) in [7, 11) is 0. The van der Waals surface area contributed by atoms with Crippen molar-refractivity contribution in [1.29, 1.82) is 5.26 Å². The van der Waals surface area contributed by atoms with Gasteiger partial charge in [-0.15, -0.1) is 0 Å². The van der Waals surface area contributed by atoms with Crippen molar-refractivity contribution in [1.82, 2.24) is 4.90 Å². The molecule has 1 aliphatic carbocycles. The van der Waals surface area contributed by atoms with Gasteiger partial charge in [0, 0.05) is 41.1 Å². The number of aliphatic hydroxyl groups excluding tert-OH is 2. The Morgan fingerprint density at radius 1 is 1.19 bits per heavy atom. The van der Waals surface area contributed by atoms with Crippen molar-refractivity contribution in [2.45, 2.75) is 63.3 Å². The summed E-state index contributed by atoms with van der Waals surface area (Å²) in [4.78, 5) is 1.96. The maximum absolute atomic E-state index is 15.7. The molecule has 3 N–H and O–H groups in total. The average molecular weight is 553 g/mol. The van der Waals surface area contributed by atoms with Gasteiger partial charge in [-0.1, -0.05) is 62.2 Å². The number of benzene rings is 2. The van der Waals surface area contributed by atoms with Crippen molar-refractivity contribution >= 4 is 23.2 Å². The van der Waals surface area contributed by atoms with Crippen LogP contribution >= 0.6 is 23.2 Å². The van der Waals surface area contributed by atoms with Crippen molar-refractivity contribution in [2.75, 3.05) is 13.2 Å². The van der Waals surface area contributed by atoms with Gasteiger partial charge in [-0.2, -0.15) is 5.26 Å².